The highest BCUT2D eigenvalue weighted by molar-refractivity contribution is 5.80. The zero-order valence-corrected chi connectivity index (χ0v) is 18.8. The fourth-order valence-electron chi connectivity index (χ4n) is 3.52. The molecule has 0 aromatic heterocycles. The summed E-state index contributed by atoms with van der Waals surface area (Å²) in [6, 6.07) is 10.4. The molecule has 1 aromatic carbocycles. The molecule has 0 bridgehead atoms. The van der Waals surface area contributed by atoms with Crippen LogP contribution in [0.4, 0.5) is 4.79 Å². The molecular formula is C23H38N4O3. The number of hydrogen-bond donors (Lipinski definition) is 4. The maximum atomic E-state index is 11.9. The van der Waals surface area contributed by atoms with Crippen molar-refractivity contribution in [3.05, 3.63) is 35.9 Å². The van der Waals surface area contributed by atoms with Gasteiger partial charge in [0.05, 0.1) is 12.6 Å². The van der Waals surface area contributed by atoms with E-state index in [9.17, 15) is 9.90 Å². The molecule has 1 fully saturated rings. The lowest BCUT2D eigenvalue weighted by Gasteiger charge is -2.31. The van der Waals surface area contributed by atoms with E-state index < -0.39 is 11.7 Å². The van der Waals surface area contributed by atoms with Crippen molar-refractivity contribution in [2.45, 2.75) is 83.6 Å². The Balaban J connectivity index is 1.77. The predicted molar refractivity (Wildman–Crippen MR) is 121 cm³/mol. The van der Waals surface area contributed by atoms with Gasteiger partial charge in [-0.25, -0.2) is 4.79 Å². The summed E-state index contributed by atoms with van der Waals surface area (Å²) in [7, 11) is 0. The van der Waals surface area contributed by atoms with Gasteiger partial charge in [0.25, 0.3) is 0 Å². The van der Waals surface area contributed by atoms with Gasteiger partial charge >= 0.3 is 6.09 Å². The number of nitrogens with one attached hydrogen (secondary N) is 3. The van der Waals surface area contributed by atoms with Crippen molar-refractivity contribution in [2.75, 3.05) is 13.1 Å². The smallest absolute Gasteiger partial charge is 0.407 e. The summed E-state index contributed by atoms with van der Waals surface area (Å²) in [5.74, 6) is 0.730. The Morgan fingerprint density at radius 2 is 1.73 bits per heavy atom. The van der Waals surface area contributed by atoms with Crippen LogP contribution in [-0.4, -0.2) is 54.0 Å². The number of aliphatic imine (C=N–C) groups is 1. The normalized spacial score (nSPS) is 20.9. The van der Waals surface area contributed by atoms with Crippen molar-refractivity contribution in [1.29, 1.82) is 0 Å². The SMILES string of the molecule is CCNC(=NCC(O)Cc1ccccc1)NC1CCC(NC(=O)OC(C)(C)C)CC1. The Hall–Kier alpha value is -2.28. The number of aliphatic hydroxyl groups is 1. The maximum Gasteiger partial charge on any atom is 0.407 e. The molecule has 0 spiro atoms. The summed E-state index contributed by atoms with van der Waals surface area (Å²) in [6.45, 7) is 8.73. The van der Waals surface area contributed by atoms with Gasteiger partial charge in [0.2, 0.25) is 0 Å². The van der Waals surface area contributed by atoms with Crippen molar-refractivity contribution in [3.8, 4) is 0 Å². The average molecular weight is 419 g/mol. The summed E-state index contributed by atoms with van der Waals surface area (Å²) in [4.78, 5) is 16.5. The molecule has 7 heteroatoms. The molecule has 1 amide bonds. The molecule has 1 atom stereocenters. The van der Waals surface area contributed by atoms with E-state index in [1.165, 1.54) is 0 Å². The van der Waals surface area contributed by atoms with Crippen LogP contribution in [0.1, 0.15) is 58.9 Å². The molecule has 7 nitrogen and oxygen atoms in total. The lowest BCUT2D eigenvalue weighted by atomic mass is 9.91. The number of ether oxygens (including phenoxy) is 1. The third kappa shape index (κ3) is 9.48. The number of guanidine groups is 1. The molecule has 0 radical (unpaired) electrons. The number of alkyl carbamates (subject to hydrolysis) is 1. The van der Waals surface area contributed by atoms with E-state index in [1.54, 1.807) is 0 Å². The predicted octanol–water partition coefficient (Wildman–Crippen LogP) is 2.98. The van der Waals surface area contributed by atoms with Crippen LogP contribution in [0.5, 0.6) is 0 Å². The fourth-order valence-corrected chi connectivity index (χ4v) is 3.52. The van der Waals surface area contributed by atoms with Crippen LogP contribution in [-0.2, 0) is 11.2 Å². The maximum absolute atomic E-state index is 11.9. The highest BCUT2D eigenvalue weighted by atomic mass is 16.6. The first-order valence-corrected chi connectivity index (χ1v) is 11.0. The topological polar surface area (TPSA) is 95.0 Å². The molecule has 1 aliphatic carbocycles. The van der Waals surface area contributed by atoms with Gasteiger partial charge in [-0.3, -0.25) is 4.99 Å². The summed E-state index contributed by atoms with van der Waals surface area (Å²) in [6.07, 6.45) is 3.40. The van der Waals surface area contributed by atoms with Gasteiger partial charge in [-0.05, 0) is 58.9 Å². The Morgan fingerprint density at radius 3 is 2.30 bits per heavy atom. The minimum absolute atomic E-state index is 0.144. The molecule has 1 saturated carbocycles. The lowest BCUT2D eigenvalue weighted by Crippen LogP contribution is -2.48. The van der Waals surface area contributed by atoms with Gasteiger partial charge < -0.3 is 25.8 Å². The van der Waals surface area contributed by atoms with Crippen molar-refractivity contribution in [1.82, 2.24) is 16.0 Å². The van der Waals surface area contributed by atoms with Gasteiger partial charge in [0, 0.05) is 25.0 Å². The van der Waals surface area contributed by atoms with Gasteiger partial charge in [-0.1, -0.05) is 30.3 Å². The van der Waals surface area contributed by atoms with Crippen LogP contribution in [0.15, 0.2) is 35.3 Å². The molecule has 1 aliphatic rings. The van der Waals surface area contributed by atoms with E-state index in [1.807, 2.05) is 58.0 Å². The van der Waals surface area contributed by atoms with Crippen LogP contribution in [0.3, 0.4) is 0 Å². The van der Waals surface area contributed by atoms with Crippen molar-refractivity contribution < 1.29 is 14.6 Å². The largest absolute Gasteiger partial charge is 0.444 e. The minimum Gasteiger partial charge on any atom is -0.444 e. The van der Waals surface area contributed by atoms with Crippen LogP contribution in [0.25, 0.3) is 0 Å². The van der Waals surface area contributed by atoms with Gasteiger partial charge in [0.15, 0.2) is 5.96 Å². The summed E-state index contributed by atoms with van der Waals surface area (Å²) in [5.41, 5.74) is 0.624. The van der Waals surface area contributed by atoms with Crippen molar-refractivity contribution in [3.63, 3.8) is 0 Å². The minimum atomic E-state index is -0.517. The third-order valence-electron chi connectivity index (χ3n) is 4.91. The van der Waals surface area contributed by atoms with Gasteiger partial charge in [-0.2, -0.15) is 0 Å². The lowest BCUT2D eigenvalue weighted by molar-refractivity contribution is 0.0490. The van der Waals surface area contributed by atoms with Crippen molar-refractivity contribution >= 4 is 12.1 Å². The van der Waals surface area contributed by atoms with Gasteiger partial charge in [-0.15, -0.1) is 0 Å². The number of hydrogen-bond acceptors (Lipinski definition) is 4. The second-order valence-electron chi connectivity index (χ2n) is 8.90. The Bertz CT molecular complexity index is 665. The van der Waals surface area contributed by atoms with Gasteiger partial charge in [0.1, 0.15) is 5.60 Å². The average Bonchev–Trinajstić information content (AvgIpc) is 2.67. The molecule has 0 heterocycles. The monoisotopic (exact) mass is 418 g/mol. The molecule has 30 heavy (non-hydrogen) atoms. The van der Waals surface area contributed by atoms with Crippen LogP contribution < -0.4 is 16.0 Å². The quantitative estimate of drug-likeness (QED) is 0.403. The standard InChI is InChI=1S/C23H38N4O3/c1-5-24-21(25-16-20(28)15-17-9-7-6-8-10-17)26-18-11-13-19(14-12-18)27-22(29)30-23(2,3)4/h6-10,18-20,28H,5,11-16H2,1-4H3,(H,27,29)(H2,24,25,26). The molecule has 1 aromatic rings. The molecule has 4 N–H and O–H groups in total. The molecule has 0 saturated heterocycles. The number of carbonyl (C=O) groups is 1. The number of aliphatic hydroxyl groups excluding tert-OH is 1. The number of rotatable bonds is 7. The summed E-state index contributed by atoms with van der Waals surface area (Å²) < 4.78 is 5.34. The fraction of sp³-hybridized carbons (Fsp3) is 0.652. The van der Waals surface area contributed by atoms with E-state index >= 15 is 0 Å². The molecular weight excluding hydrogens is 380 g/mol. The molecule has 1 unspecified atom stereocenters. The van der Waals surface area contributed by atoms with Crippen LogP contribution in [0, 0.1) is 0 Å². The van der Waals surface area contributed by atoms with E-state index in [-0.39, 0.29) is 12.1 Å². The first-order valence-electron chi connectivity index (χ1n) is 11.0. The molecule has 168 valence electrons. The third-order valence-corrected chi connectivity index (χ3v) is 4.91. The number of carbonyl (C=O) groups excluding carboxylic acids is 1. The second kappa shape index (κ2) is 11.8. The number of amides is 1. The van der Waals surface area contributed by atoms with Crippen LogP contribution in [0.2, 0.25) is 0 Å². The van der Waals surface area contributed by atoms with Crippen LogP contribution >= 0.6 is 0 Å². The number of benzene rings is 1. The second-order valence-corrected chi connectivity index (χ2v) is 8.90. The van der Waals surface area contributed by atoms with E-state index in [0.29, 0.717) is 19.0 Å². The first kappa shape index (κ1) is 24.0. The Morgan fingerprint density at radius 1 is 1.13 bits per heavy atom. The summed E-state index contributed by atoms with van der Waals surface area (Å²) in [5, 5.41) is 20.0. The molecule has 2 rings (SSSR count). The zero-order chi connectivity index (χ0) is 22.0. The van der Waals surface area contributed by atoms with E-state index in [0.717, 1.165) is 43.8 Å². The first-order chi connectivity index (χ1) is 14.2. The van der Waals surface area contributed by atoms with Crippen molar-refractivity contribution in [2.24, 2.45) is 4.99 Å². The number of nitrogens with zero attached hydrogens (tertiary/aromatic N) is 1. The molecule has 0 aliphatic heterocycles. The zero-order valence-electron chi connectivity index (χ0n) is 18.8. The Kier molecular flexibility index (Phi) is 9.43. The highest BCUT2D eigenvalue weighted by Gasteiger charge is 2.25. The van der Waals surface area contributed by atoms with E-state index in [4.69, 9.17) is 4.74 Å². The van der Waals surface area contributed by atoms with E-state index in [2.05, 4.69) is 20.9 Å². The summed E-state index contributed by atoms with van der Waals surface area (Å²) >= 11 is 0. The Labute approximate surface area is 180 Å². The highest BCUT2D eigenvalue weighted by Crippen LogP contribution is 2.19.